The molecule has 0 atom stereocenters. The number of benzene rings is 1. The van der Waals surface area contributed by atoms with E-state index in [2.05, 4.69) is 4.72 Å². The summed E-state index contributed by atoms with van der Waals surface area (Å²) in [6.45, 7) is 0.194. The molecule has 0 spiro atoms. The van der Waals surface area contributed by atoms with Crippen molar-refractivity contribution in [3.05, 3.63) is 30.1 Å². The fourth-order valence-electron chi connectivity index (χ4n) is 1.18. The fourth-order valence-corrected chi connectivity index (χ4v) is 2.26. The van der Waals surface area contributed by atoms with Crippen molar-refractivity contribution in [3.63, 3.8) is 0 Å². The van der Waals surface area contributed by atoms with Crippen molar-refractivity contribution in [2.45, 2.75) is 17.7 Å². The lowest BCUT2D eigenvalue weighted by molar-refractivity contribution is 0.579. The molecule has 0 fully saturated rings. The van der Waals surface area contributed by atoms with Crippen molar-refractivity contribution in [2.75, 3.05) is 6.54 Å². The van der Waals surface area contributed by atoms with Gasteiger partial charge in [0.25, 0.3) is 0 Å². The van der Waals surface area contributed by atoms with Crippen LogP contribution in [0.15, 0.2) is 29.2 Å². The van der Waals surface area contributed by atoms with Gasteiger partial charge in [0.05, 0.1) is 10.7 Å². The molecule has 0 aliphatic heterocycles. The third-order valence-electron chi connectivity index (χ3n) is 2.04. The Morgan fingerprint density at radius 1 is 1.35 bits per heavy atom. The second-order valence-electron chi connectivity index (χ2n) is 3.48. The van der Waals surface area contributed by atoms with Gasteiger partial charge in [-0.05, 0) is 30.7 Å². The van der Waals surface area contributed by atoms with Gasteiger partial charge >= 0.3 is 0 Å². The molecule has 4 N–H and O–H groups in total. The third-order valence-corrected chi connectivity index (χ3v) is 3.52. The van der Waals surface area contributed by atoms with Gasteiger partial charge in [0.2, 0.25) is 10.0 Å². The summed E-state index contributed by atoms with van der Waals surface area (Å²) in [6.07, 6.45) is 0.793. The van der Waals surface area contributed by atoms with E-state index in [0.29, 0.717) is 12.8 Å². The Morgan fingerprint density at radius 3 is 2.47 bits per heavy atom. The van der Waals surface area contributed by atoms with Crippen LogP contribution in [0.5, 0.6) is 0 Å². The van der Waals surface area contributed by atoms with Crippen LogP contribution < -0.4 is 10.5 Å². The zero-order chi connectivity index (χ0) is 12.9. The molecular formula is C10H14FN3O2S. The highest BCUT2D eigenvalue weighted by molar-refractivity contribution is 7.89. The topological polar surface area (TPSA) is 96.0 Å². The van der Waals surface area contributed by atoms with Crippen molar-refractivity contribution < 1.29 is 12.8 Å². The predicted molar refractivity (Wildman–Crippen MR) is 62.7 cm³/mol. The maximum absolute atomic E-state index is 12.6. The first-order valence-corrected chi connectivity index (χ1v) is 6.48. The number of rotatable bonds is 6. The third kappa shape index (κ3) is 4.49. The summed E-state index contributed by atoms with van der Waals surface area (Å²) in [7, 11) is -3.60. The SMILES string of the molecule is N=C(N)CCCNS(=O)(=O)c1ccc(F)cc1. The number of nitrogens with two attached hydrogens (primary N) is 1. The normalized spacial score (nSPS) is 11.4. The molecule has 0 bridgehead atoms. The molecule has 0 saturated heterocycles. The molecule has 0 aromatic heterocycles. The van der Waals surface area contributed by atoms with Crippen molar-refractivity contribution in [2.24, 2.45) is 5.73 Å². The van der Waals surface area contributed by atoms with Gasteiger partial charge in [-0.1, -0.05) is 0 Å². The molecule has 5 nitrogen and oxygen atoms in total. The monoisotopic (exact) mass is 259 g/mol. The van der Waals surface area contributed by atoms with Gasteiger partial charge in [-0.25, -0.2) is 17.5 Å². The summed E-state index contributed by atoms with van der Waals surface area (Å²) in [5.41, 5.74) is 5.13. The lowest BCUT2D eigenvalue weighted by atomic mass is 10.3. The largest absolute Gasteiger partial charge is 0.388 e. The Labute approximate surface area is 99.4 Å². The van der Waals surface area contributed by atoms with Crippen LogP contribution in [0.25, 0.3) is 0 Å². The Kier molecular flexibility index (Phi) is 4.59. The van der Waals surface area contributed by atoms with E-state index in [0.717, 1.165) is 12.1 Å². The van der Waals surface area contributed by atoms with Crippen molar-refractivity contribution >= 4 is 15.9 Å². The predicted octanol–water partition coefficient (Wildman–Crippen LogP) is 0.820. The minimum atomic E-state index is -3.60. The number of sulfonamides is 1. The highest BCUT2D eigenvalue weighted by Gasteiger charge is 2.12. The van der Waals surface area contributed by atoms with Crippen LogP contribution in [-0.2, 0) is 10.0 Å². The zero-order valence-corrected chi connectivity index (χ0v) is 9.93. The Hall–Kier alpha value is -1.47. The van der Waals surface area contributed by atoms with Gasteiger partial charge in [-0.15, -0.1) is 0 Å². The van der Waals surface area contributed by atoms with E-state index in [1.54, 1.807) is 0 Å². The minimum absolute atomic E-state index is 0.0155. The fraction of sp³-hybridized carbons (Fsp3) is 0.300. The molecule has 0 aliphatic rings. The lowest BCUT2D eigenvalue weighted by Crippen LogP contribution is -2.25. The average molecular weight is 259 g/mol. The minimum Gasteiger partial charge on any atom is -0.388 e. The van der Waals surface area contributed by atoms with E-state index in [4.69, 9.17) is 11.1 Å². The number of halogens is 1. The molecule has 94 valence electrons. The second-order valence-corrected chi connectivity index (χ2v) is 5.25. The van der Waals surface area contributed by atoms with Crippen molar-refractivity contribution in [1.82, 2.24) is 4.72 Å². The highest BCUT2D eigenvalue weighted by Crippen LogP contribution is 2.09. The highest BCUT2D eigenvalue weighted by atomic mass is 32.2. The van der Waals surface area contributed by atoms with Crippen LogP contribution in [0.1, 0.15) is 12.8 Å². The standard InChI is InChI=1S/C10H14FN3O2S/c11-8-3-5-9(6-4-8)17(15,16)14-7-1-2-10(12)13/h3-6,14H,1-2,7H2,(H3,12,13). The molecule has 1 aromatic rings. The van der Waals surface area contributed by atoms with Gasteiger partial charge in [0, 0.05) is 13.0 Å². The summed E-state index contributed by atoms with van der Waals surface area (Å²) in [5.74, 6) is -0.466. The second kappa shape index (κ2) is 5.74. The molecule has 7 heteroatoms. The van der Waals surface area contributed by atoms with Gasteiger partial charge in [0.1, 0.15) is 5.82 Å². The number of amidine groups is 1. The number of hydrogen-bond acceptors (Lipinski definition) is 3. The maximum atomic E-state index is 12.6. The van der Waals surface area contributed by atoms with E-state index in [1.165, 1.54) is 12.1 Å². The molecule has 0 radical (unpaired) electrons. The molecule has 17 heavy (non-hydrogen) atoms. The first-order valence-electron chi connectivity index (χ1n) is 5.00. The van der Waals surface area contributed by atoms with Gasteiger partial charge in [-0.3, -0.25) is 5.41 Å². The van der Waals surface area contributed by atoms with Gasteiger partial charge in [0.15, 0.2) is 0 Å². The van der Waals surface area contributed by atoms with E-state index in [9.17, 15) is 12.8 Å². The Morgan fingerprint density at radius 2 is 1.94 bits per heavy atom. The van der Waals surface area contributed by atoms with Gasteiger partial charge in [-0.2, -0.15) is 0 Å². The van der Waals surface area contributed by atoms with Crippen molar-refractivity contribution in [1.29, 1.82) is 5.41 Å². The quantitative estimate of drug-likeness (QED) is 0.401. The molecule has 0 heterocycles. The smallest absolute Gasteiger partial charge is 0.240 e. The summed E-state index contributed by atoms with van der Waals surface area (Å²) >= 11 is 0. The molecule has 0 saturated carbocycles. The van der Waals surface area contributed by atoms with E-state index >= 15 is 0 Å². The summed E-state index contributed by atoms with van der Waals surface area (Å²) in [6, 6.07) is 4.57. The summed E-state index contributed by atoms with van der Waals surface area (Å²) < 4.78 is 38.3. The van der Waals surface area contributed by atoms with Crippen molar-refractivity contribution in [3.8, 4) is 0 Å². The molecule has 0 amide bonds. The first kappa shape index (κ1) is 13.6. The van der Waals surface area contributed by atoms with Crippen LogP contribution in [0.3, 0.4) is 0 Å². The Bertz CT molecular complexity index is 485. The van der Waals surface area contributed by atoms with Crippen LogP contribution >= 0.6 is 0 Å². The Balaban J connectivity index is 2.57. The van der Waals surface area contributed by atoms with E-state index in [1.807, 2.05) is 0 Å². The van der Waals surface area contributed by atoms with Crippen LogP contribution in [0.2, 0.25) is 0 Å². The molecule has 0 unspecified atom stereocenters. The summed E-state index contributed by atoms with van der Waals surface area (Å²) in [4.78, 5) is 0.0155. The van der Waals surface area contributed by atoms with E-state index < -0.39 is 15.8 Å². The maximum Gasteiger partial charge on any atom is 0.240 e. The molecular weight excluding hydrogens is 245 g/mol. The lowest BCUT2D eigenvalue weighted by Gasteiger charge is -2.06. The zero-order valence-electron chi connectivity index (χ0n) is 9.11. The van der Waals surface area contributed by atoms with Crippen LogP contribution in [0, 0.1) is 11.2 Å². The molecule has 0 aliphatic carbocycles. The summed E-state index contributed by atoms with van der Waals surface area (Å²) in [5, 5.41) is 6.98. The van der Waals surface area contributed by atoms with Gasteiger partial charge < -0.3 is 5.73 Å². The molecule has 1 rings (SSSR count). The molecule has 1 aromatic carbocycles. The van der Waals surface area contributed by atoms with E-state index in [-0.39, 0.29) is 17.3 Å². The number of nitrogens with one attached hydrogen (secondary N) is 2. The first-order chi connectivity index (χ1) is 7.92. The van der Waals surface area contributed by atoms with Crippen LogP contribution in [-0.4, -0.2) is 20.8 Å². The average Bonchev–Trinajstić information content (AvgIpc) is 2.25. The van der Waals surface area contributed by atoms with Crippen LogP contribution in [0.4, 0.5) is 4.39 Å². The number of hydrogen-bond donors (Lipinski definition) is 3.